The number of nitrogens with one attached hydrogen (secondary N) is 1. The lowest BCUT2D eigenvalue weighted by molar-refractivity contribution is -0.695. The minimum atomic E-state index is -3.93. The van der Waals surface area contributed by atoms with Gasteiger partial charge in [-0.25, -0.2) is 9.71 Å². The van der Waals surface area contributed by atoms with Gasteiger partial charge in [0.05, 0.1) is 29.7 Å². The summed E-state index contributed by atoms with van der Waals surface area (Å²) in [6.07, 6.45) is 2.65. The van der Waals surface area contributed by atoms with E-state index in [-0.39, 0.29) is 24.7 Å². The van der Waals surface area contributed by atoms with E-state index in [1.165, 1.54) is 23.2 Å². The second-order valence-electron chi connectivity index (χ2n) is 7.57. The van der Waals surface area contributed by atoms with Gasteiger partial charge in [-0.2, -0.15) is 17.5 Å². The van der Waals surface area contributed by atoms with E-state index in [4.69, 9.17) is 5.14 Å². The number of aliphatic carboxylic acids is 1. The molecule has 0 bridgehead atoms. The summed E-state index contributed by atoms with van der Waals surface area (Å²) in [4.78, 5) is 26.4. The Morgan fingerprint density at radius 1 is 1.50 bits per heavy atom. The first-order chi connectivity index (χ1) is 14.0. The van der Waals surface area contributed by atoms with Gasteiger partial charge >= 0.3 is 0 Å². The number of amides is 1. The molecule has 0 unspecified atom stereocenters. The van der Waals surface area contributed by atoms with Crippen molar-refractivity contribution in [3.8, 4) is 0 Å². The summed E-state index contributed by atoms with van der Waals surface area (Å²) in [5.74, 6) is -2.33. The molecule has 0 aliphatic carbocycles. The number of carboxylic acids is 1. The second kappa shape index (κ2) is 7.13. The molecule has 0 aromatic carbocycles. The highest BCUT2D eigenvalue weighted by Gasteiger charge is 2.58. The average molecular weight is 456 g/mol. The van der Waals surface area contributed by atoms with Gasteiger partial charge in [-0.05, 0) is 6.92 Å². The zero-order valence-electron chi connectivity index (χ0n) is 16.2. The average Bonchev–Trinajstić information content (AvgIpc) is 3.25. The molecular formula is C17H21N5O6S2. The molecule has 2 aliphatic rings. The fraction of sp³-hybridized carbons (Fsp3) is 0.471. The van der Waals surface area contributed by atoms with Gasteiger partial charge in [-0.15, -0.1) is 0 Å². The van der Waals surface area contributed by atoms with Crippen molar-refractivity contribution in [2.45, 2.75) is 39.1 Å². The third kappa shape index (κ3) is 3.22. The van der Waals surface area contributed by atoms with E-state index in [2.05, 4.69) is 4.72 Å². The van der Waals surface area contributed by atoms with Crippen molar-refractivity contribution < 1.29 is 32.8 Å². The number of imidazole rings is 1. The van der Waals surface area contributed by atoms with Crippen LogP contribution in [0.15, 0.2) is 29.0 Å². The van der Waals surface area contributed by atoms with Crippen LogP contribution in [0.25, 0.3) is 4.83 Å². The van der Waals surface area contributed by atoms with Gasteiger partial charge < -0.3 is 19.9 Å². The van der Waals surface area contributed by atoms with Gasteiger partial charge in [0.2, 0.25) is 10.7 Å². The number of aromatic nitrogens is 2. The molecule has 4 atom stereocenters. The third-order valence-electron chi connectivity index (χ3n) is 5.79. The smallest absolute Gasteiger partial charge is 0.277 e. The molecule has 162 valence electrons. The number of nitrogens with zero attached hydrogens (tertiary/aromatic N) is 3. The Balaban J connectivity index is 1.73. The van der Waals surface area contributed by atoms with Crippen molar-refractivity contribution in [3.05, 3.63) is 34.9 Å². The van der Waals surface area contributed by atoms with Crippen molar-refractivity contribution in [1.29, 1.82) is 0 Å². The Morgan fingerprint density at radius 3 is 2.80 bits per heavy atom. The first-order valence-corrected chi connectivity index (χ1v) is 11.6. The highest BCUT2D eigenvalue weighted by Crippen LogP contribution is 2.46. The summed E-state index contributed by atoms with van der Waals surface area (Å²) in [5, 5.41) is 28.7. The van der Waals surface area contributed by atoms with Crippen molar-refractivity contribution in [2.24, 2.45) is 17.0 Å². The fourth-order valence-corrected chi connectivity index (χ4v) is 5.58. The van der Waals surface area contributed by atoms with Crippen molar-refractivity contribution in [3.63, 3.8) is 0 Å². The number of thiazole rings is 1. The van der Waals surface area contributed by atoms with Crippen LogP contribution in [0, 0.1) is 11.8 Å². The first-order valence-electron chi connectivity index (χ1n) is 9.21. The largest absolute Gasteiger partial charge is 0.543 e. The van der Waals surface area contributed by atoms with Crippen molar-refractivity contribution in [1.82, 2.24) is 14.0 Å². The number of rotatable bonds is 7. The fourth-order valence-electron chi connectivity index (χ4n) is 4.46. The second-order valence-corrected chi connectivity index (χ2v) is 9.87. The molecule has 30 heavy (non-hydrogen) atoms. The number of nitrogens with two attached hydrogens (primary N) is 1. The van der Waals surface area contributed by atoms with Gasteiger partial charge in [-0.3, -0.25) is 4.79 Å². The van der Waals surface area contributed by atoms with E-state index in [9.17, 15) is 28.2 Å². The topological polar surface area (TPSA) is 161 Å². The van der Waals surface area contributed by atoms with E-state index >= 15 is 0 Å². The number of hydrogen-bond donors (Lipinski definition) is 3. The predicted octanol–water partition coefficient (Wildman–Crippen LogP) is -2.56. The number of aliphatic hydroxyl groups is 1. The van der Waals surface area contributed by atoms with Crippen LogP contribution < -0.4 is 19.5 Å². The zero-order chi connectivity index (χ0) is 22.0. The van der Waals surface area contributed by atoms with Gasteiger partial charge in [0.15, 0.2) is 0 Å². The maximum absolute atomic E-state index is 12.5. The molecule has 11 nitrogen and oxygen atoms in total. The predicted molar refractivity (Wildman–Crippen MR) is 102 cm³/mol. The Labute approximate surface area is 176 Å². The van der Waals surface area contributed by atoms with Crippen LogP contribution in [0.2, 0.25) is 0 Å². The number of aliphatic hydroxyl groups excluding tert-OH is 1. The molecule has 4 rings (SSSR count). The van der Waals surface area contributed by atoms with Crippen molar-refractivity contribution in [2.75, 3.05) is 0 Å². The Hall–Kier alpha value is -2.32. The number of carboxylic acid groups (broad SMARTS) is 1. The van der Waals surface area contributed by atoms with Crippen LogP contribution in [0.4, 0.5) is 0 Å². The number of hydrogen-bond acceptors (Lipinski definition) is 7. The Morgan fingerprint density at radius 2 is 2.20 bits per heavy atom. The molecular weight excluding hydrogens is 434 g/mol. The minimum absolute atomic E-state index is 0.103. The number of carbonyl (C=O) groups is 2. The van der Waals surface area contributed by atoms with Crippen LogP contribution in [0.5, 0.6) is 0 Å². The van der Waals surface area contributed by atoms with Crippen LogP contribution in [0.3, 0.4) is 0 Å². The van der Waals surface area contributed by atoms with Crippen LogP contribution >= 0.6 is 11.3 Å². The summed E-state index contributed by atoms with van der Waals surface area (Å²) >= 11 is 1.43. The molecule has 0 radical (unpaired) electrons. The molecule has 4 heterocycles. The minimum Gasteiger partial charge on any atom is -0.543 e. The van der Waals surface area contributed by atoms with Crippen LogP contribution in [-0.4, -0.2) is 46.8 Å². The maximum atomic E-state index is 12.5. The van der Waals surface area contributed by atoms with Crippen molar-refractivity contribution >= 4 is 38.3 Å². The molecule has 2 aromatic rings. The summed E-state index contributed by atoms with van der Waals surface area (Å²) in [7, 11) is -3.93. The third-order valence-corrected chi connectivity index (χ3v) is 7.14. The van der Waals surface area contributed by atoms with Gasteiger partial charge in [0.25, 0.3) is 16.0 Å². The normalized spacial score (nSPS) is 25.0. The quantitative estimate of drug-likeness (QED) is 0.307. The number of fused-ring (bicyclic) bond motifs is 2. The van der Waals surface area contributed by atoms with Gasteiger partial charge in [0.1, 0.15) is 25.5 Å². The summed E-state index contributed by atoms with van der Waals surface area (Å²) < 4.78 is 28.5. The van der Waals surface area contributed by atoms with E-state index in [0.29, 0.717) is 11.4 Å². The molecule has 1 amide bonds. The van der Waals surface area contributed by atoms with E-state index in [1.54, 1.807) is 21.4 Å². The maximum Gasteiger partial charge on any atom is 0.277 e. The number of carbonyl (C=O) groups excluding carboxylic acids is 2. The Bertz CT molecular complexity index is 1180. The molecule has 4 N–H and O–H groups in total. The molecule has 0 spiro atoms. The van der Waals surface area contributed by atoms with E-state index < -0.39 is 40.1 Å². The van der Waals surface area contributed by atoms with E-state index in [1.807, 2.05) is 12.3 Å². The monoisotopic (exact) mass is 455 g/mol. The van der Waals surface area contributed by atoms with Gasteiger partial charge in [-0.1, -0.05) is 18.3 Å². The summed E-state index contributed by atoms with van der Waals surface area (Å²) in [5.41, 5.74) is 0.304. The van der Waals surface area contributed by atoms with Gasteiger partial charge in [0, 0.05) is 16.9 Å². The van der Waals surface area contributed by atoms with Crippen LogP contribution in [0.1, 0.15) is 19.7 Å². The molecule has 0 saturated carbocycles. The highest BCUT2D eigenvalue weighted by atomic mass is 32.2. The highest BCUT2D eigenvalue weighted by molar-refractivity contribution is 7.87. The molecule has 1 fully saturated rings. The standard InChI is InChI=1S/C17H21N5O6S2/c1-8-10(15(17(25)26)22-14(8)13(9(2)23)16(22)24)6-20-7-12-21(3-4-29-12)11(20)5-19-30(18,27)28/h3-4,7-9,13-14,19,23H,5-6H2,1-2H3,(H2-,18,25,26,27,28)/t8-,9+,13+,14+/m0/s1. The summed E-state index contributed by atoms with van der Waals surface area (Å²) in [6.45, 7) is 3.34. The molecule has 2 aliphatic heterocycles. The molecule has 2 aromatic heterocycles. The van der Waals surface area contributed by atoms with E-state index in [0.717, 1.165) is 4.83 Å². The molecule has 1 saturated heterocycles. The number of β-lactam (4-membered cyclic amide) rings is 1. The lowest BCUT2D eigenvalue weighted by Gasteiger charge is -2.47. The lowest BCUT2D eigenvalue weighted by atomic mass is 9.78. The molecule has 13 heteroatoms. The SMILES string of the molecule is C[C@@H](O)[C@H]1C(=O)N2C(C(=O)[O-])=C(C[n+]3cc4sccn4c3CNS(N)(=O)=O)[C@H](C)[C@H]12. The zero-order valence-corrected chi connectivity index (χ0v) is 17.8. The van der Waals surface area contributed by atoms with Crippen LogP contribution in [-0.2, 0) is 32.9 Å². The lowest BCUT2D eigenvalue weighted by Crippen LogP contribution is -2.64. The first kappa shape index (κ1) is 20.9. The summed E-state index contributed by atoms with van der Waals surface area (Å²) in [6, 6.07) is -0.448. The Kier molecular flexibility index (Phi) is 4.97.